The van der Waals surface area contributed by atoms with Crippen molar-refractivity contribution in [1.82, 2.24) is 20.5 Å². The van der Waals surface area contributed by atoms with Gasteiger partial charge >= 0.3 is 6.09 Å². The second-order valence-electron chi connectivity index (χ2n) is 10.4. The SMILES string of the molecule is Cc1cc(C)c(CNC(=O)c2cc(Br)cc(CCNC3CCN(C(=O)OC(C)(C)C)CC3)c2)c(=O)[nH]1. The van der Waals surface area contributed by atoms with Crippen LogP contribution in [0.15, 0.2) is 33.5 Å². The summed E-state index contributed by atoms with van der Waals surface area (Å²) in [4.78, 5) is 41.8. The number of aromatic nitrogens is 1. The molecular formula is C27H37BrN4O4. The van der Waals surface area contributed by atoms with Crippen LogP contribution >= 0.6 is 15.9 Å². The van der Waals surface area contributed by atoms with Crippen molar-refractivity contribution in [1.29, 1.82) is 0 Å². The van der Waals surface area contributed by atoms with Gasteiger partial charge in [0.15, 0.2) is 0 Å². The number of benzene rings is 1. The number of halogens is 1. The minimum absolute atomic E-state index is 0.172. The van der Waals surface area contributed by atoms with E-state index in [2.05, 4.69) is 31.5 Å². The Hall–Kier alpha value is -2.65. The molecule has 1 aliphatic rings. The Kier molecular flexibility index (Phi) is 9.35. The highest BCUT2D eigenvalue weighted by molar-refractivity contribution is 9.10. The predicted octanol–water partition coefficient (Wildman–Crippen LogP) is 4.22. The van der Waals surface area contributed by atoms with Gasteiger partial charge in [0.2, 0.25) is 0 Å². The molecule has 0 radical (unpaired) electrons. The van der Waals surface area contributed by atoms with Gasteiger partial charge in [-0.2, -0.15) is 0 Å². The lowest BCUT2D eigenvalue weighted by atomic mass is 10.0. The number of likely N-dealkylation sites (tertiary alicyclic amines) is 1. The number of hydrogen-bond donors (Lipinski definition) is 3. The Morgan fingerprint density at radius 1 is 1.14 bits per heavy atom. The van der Waals surface area contributed by atoms with Gasteiger partial charge in [0.1, 0.15) is 5.60 Å². The van der Waals surface area contributed by atoms with Crippen LogP contribution in [0.25, 0.3) is 0 Å². The maximum atomic E-state index is 12.8. The van der Waals surface area contributed by atoms with Crippen molar-refractivity contribution in [2.24, 2.45) is 0 Å². The van der Waals surface area contributed by atoms with Crippen molar-refractivity contribution in [2.75, 3.05) is 19.6 Å². The van der Waals surface area contributed by atoms with Crippen LogP contribution in [0.4, 0.5) is 4.79 Å². The largest absolute Gasteiger partial charge is 0.444 e. The number of carbonyl (C=O) groups excluding carboxylic acids is 2. The number of aromatic amines is 1. The number of carbonyl (C=O) groups is 2. The monoisotopic (exact) mass is 560 g/mol. The van der Waals surface area contributed by atoms with Gasteiger partial charge < -0.3 is 25.3 Å². The molecule has 1 aliphatic heterocycles. The van der Waals surface area contributed by atoms with Gasteiger partial charge in [0, 0.05) is 47.0 Å². The predicted molar refractivity (Wildman–Crippen MR) is 144 cm³/mol. The molecule has 36 heavy (non-hydrogen) atoms. The number of piperidine rings is 1. The maximum absolute atomic E-state index is 12.8. The standard InChI is InChI=1S/C27H37BrN4O4/c1-17-12-18(2)31-25(34)23(17)16-30-24(33)20-13-19(14-21(28)15-20)6-9-29-22-7-10-32(11-8-22)26(35)36-27(3,4)5/h12-15,22,29H,6-11,16H2,1-5H3,(H,30,33)(H,31,34). The van der Waals surface area contributed by atoms with Crippen LogP contribution < -0.4 is 16.2 Å². The van der Waals surface area contributed by atoms with Gasteiger partial charge in [-0.15, -0.1) is 0 Å². The van der Waals surface area contributed by atoms with Crippen molar-refractivity contribution in [3.63, 3.8) is 0 Å². The number of aryl methyl sites for hydroxylation is 2. The van der Waals surface area contributed by atoms with Crippen molar-refractivity contribution >= 4 is 27.9 Å². The minimum Gasteiger partial charge on any atom is -0.444 e. The second kappa shape index (κ2) is 12.1. The molecule has 1 saturated heterocycles. The Morgan fingerprint density at radius 2 is 1.83 bits per heavy atom. The van der Waals surface area contributed by atoms with Gasteiger partial charge in [-0.05, 0) is 95.8 Å². The normalized spacial score (nSPS) is 14.6. The number of amides is 2. The molecule has 8 nitrogen and oxygen atoms in total. The summed E-state index contributed by atoms with van der Waals surface area (Å²) in [6.07, 6.45) is 2.28. The van der Waals surface area contributed by atoms with Crippen LogP contribution in [0.5, 0.6) is 0 Å². The number of ether oxygens (including phenoxy) is 1. The van der Waals surface area contributed by atoms with Crippen molar-refractivity contribution in [3.05, 3.63) is 67.0 Å². The average Bonchev–Trinajstić information content (AvgIpc) is 2.77. The molecule has 9 heteroatoms. The van der Waals surface area contributed by atoms with Gasteiger partial charge in [-0.25, -0.2) is 4.79 Å². The molecule has 2 aromatic rings. The number of rotatable bonds is 7. The zero-order valence-electron chi connectivity index (χ0n) is 21.8. The summed E-state index contributed by atoms with van der Waals surface area (Å²) < 4.78 is 6.30. The average molecular weight is 562 g/mol. The van der Waals surface area contributed by atoms with E-state index in [4.69, 9.17) is 4.74 Å². The van der Waals surface area contributed by atoms with Crippen LogP contribution in [0.1, 0.15) is 66.4 Å². The molecule has 1 aromatic carbocycles. The first-order chi connectivity index (χ1) is 16.9. The zero-order chi connectivity index (χ0) is 26.5. The van der Waals surface area contributed by atoms with E-state index in [0.717, 1.165) is 47.1 Å². The fourth-order valence-electron chi connectivity index (χ4n) is 4.31. The first kappa shape index (κ1) is 27.9. The van der Waals surface area contributed by atoms with Crippen LogP contribution in [-0.4, -0.2) is 53.2 Å². The molecule has 196 valence electrons. The minimum atomic E-state index is -0.483. The molecule has 0 saturated carbocycles. The third kappa shape index (κ3) is 8.20. The maximum Gasteiger partial charge on any atom is 0.410 e. The summed E-state index contributed by atoms with van der Waals surface area (Å²) in [6, 6.07) is 7.92. The summed E-state index contributed by atoms with van der Waals surface area (Å²) in [5.41, 5.74) is 3.14. The summed E-state index contributed by atoms with van der Waals surface area (Å²) in [6.45, 7) is 11.6. The molecule has 2 amide bonds. The molecule has 0 aliphatic carbocycles. The summed E-state index contributed by atoms with van der Waals surface area (Å²) >= 11 is 3.51. The summed E-state index contributed by atoms with van der Waals surface area (Å²) in [7, 11) is 0. The first-order valence-corrected chi connectivity index (χ1v) is 13.2. The molecular weight excluding hydrogens is 524 g/mol. The Balaban J connectivity index is 1.49. The van der Waals surface area contributed by atoms with Gasteiger partial charge in [0.05, 0.1) is 0 Å². The summed E-state index contributed by atoms with van der Waals surface area (Å²) in [5.74, 6) is -0.223. The van der Waals surface area contributed by atoms with E-state index >= 15 is 0 Å². The Labute approximate surface area is 221 Å². The number of H-pyrrole nitrogens is 1. The quantitative estimate of drug-likeness (QED) is 0.470. The molecule has 3 rings (SSSR count). The highest BCUT2D eigenvalue weighted by Gasteiger charge is 2.26. The van der Waals surface area contributed by atoms with E-state index in [-0.39, 0.29) is 24.1 Å². The fourth-order valence-corrected chi connectivity index (χ4v) is 4.85. The van der Waals surface area contributed by atoms with Crippen molar-refractivity contribution in [2.45, 2.75) is 72.1 Å². The number of nitrogens with zero attached hydrogens (tertiary/aromatic N) is 1. The van der Waals surface area contributed by atoms with Gasteiger partial charge in [-0.1, -0.05) is 15.9 Å². The van der Waals surface area contributed by atoms with Crippen LogP contribution in [-0.2, 0) is 17.7 Å². The number of pyridine rings is 1. The zero-order valence-corrected chi connectivity index (χ0v) is 23.4. The third-order valence-electron chi connectivity index (χ3n) is 6.13. The molecule has 0 atom stereocenters. The Bertz CT molecular complexity index is 1150. The second-order valence-corrected chi connectivity index (χ2v) is 11.3. The highest BCUT2D eigenvalue weighted by Crippen LogP contribution is 2.18. The lowest BCUT2D eigenvalue weighted by Crippen LogP contribution is -2.46. The van der Waals surface area contributed by atoms with E-state index < -0.39 is 5.60 Å². The summed E-state index contributed by atoms with van der Waals surface area (Å²) in [5, 5.41) is 6.44. The van der Waals surface area contributed by atoms with Crippen LogP contribution in [0, 0.1) is 13.8 Å². The van der Waals surface area contributed by atoms with Crippen LogP contribution in [0.3, 0.4) is 0 Å². The molecule has 3 N–H and O–H groups in total. The Morgan fingerprint density at radius 3 is 2.47 bits per heavy atom. The molecule has 1 fully saturated rings. The highest BCUT2D eigenvalue weighted by atomic mass is 79.9. The van der Waals surface area contributed by atoms with E-state index in [1.165, 1.54) is 0 Å². The van der Waals surface area contributed by atoms with E-state index in [0.29, 0.717) is 30.3 Å². The lowest BCUT2D eigenvalue weighted by Gasteiger charge is -2.33. The molecule has 0 unspecified atom stereocenters. The molecule has 1 aromatic heterocycles. The van der Waals surface area contributed by atoms with Crippen molar-refractivity contribution < 1.29 is 14.3 Å². The first-order valence-electron chi connectivity index (χ1n) is 12.4. The topological polar surface area (TPSA) is 104 Å². The molecule has 2 heterocycles. The van der Waals surface area contributed by atoms with Crippen LogP contribution in [0.2, 0.25) is 0 Å². The number of hydrogen-bond acceptors (Lipinski definition) is 5. The third-order valence-corrected chi connectivity index (χ3v) is 6.59. The van der Waals surface area contributed by atoms with E-state index in [9.17, 15) is 14.4 Å². The fraction of sp³-hybridized carbons (Fsp3) is 0.519. The van der Waals surface area contributed by atoms with Crippen molar-refractivity contribution in [3.8, 4) is 0 Å². The van der Waals surface area contributed by atoms with Gasteiger partial charge in [0.25, 0.3) is 11.5 Å². The lowest BCUT2D eigenvalue weighted by molar-refractivity contribution is 0.0198. The van der Waals surface area contributed by atoms with Gasteiger partial charge in [-0.3, -0.25) is 9.59 Å². The smallest absolute Gasteiger partial charge is 0.410 e. The molecule has 0 bridgehead atoms. The van der Waals surface area contributed by atoms with E-state index in [1.807, 2.05) is 52.8 Å². The number of nitrogens with one attached hydrogen (secondary N) is 3. The molecule has 0 spiro atoms. The van der Waals surface area contributed by atoms with E-state index in [1.54, 1.807) is 11.0 Å².